The number of halogens is 1. The second kappa shape index (κ2) is 7.19. The minimum atomic E-state index is -0.441. The highest BCUT2D eigenvalue weighted by atomic mass is 19.1. The number of hydrogen-bond donors (Lipinski definition) is 1. The number of carbonyl (C=O) groups is 2. The Morgan fingerprint density at radius 3 is 2.63 bits per heavy atom. The standard InChI is InChI=1S/C22H19FN2O2/c23-19-10-4-2-7-16(19)13-24-22(27)17-12-21(26)25(14-17)20-11-5-8-15-6-1-3-9-18(15)20/h1-11,17H,12-14H2,(H,24,27). The Labute approximate surface area is 156 Å². The Hall–Kier alpha value is -3.21. The number of benzene rings is 3. The number of fused-ring (bicyclic) bond motifs is 1. The maximum Gasteiger partial charge on any atom is 0.227 e. The summed E-state index contributed by atoms with van der Waals surface area (Å²) in [5.41, 5.74) is 1.25. The summed E-state index contributed by atoms with van der Waals surface area (Å²) in [7, 11) is 0. The molecule has 3 aromatic carbocycles. The van der Waals surface area contributed by atoms with Crippen LogP contribution in [0.15, 0.2) is 66.7 Å². The molecule has 136 valence electrons. The fourth-order valence-electron chi connectivity index (χ4n) is 3.53. The summed E-state index contributed by atoms with van der Waals surface area (Å²) < 4.78 is 13.7. The Morgan fingerprint density at radius 2 is 1.78 bits per heavy atom. The Balaban J connectivity index is 1.49. The molecule has 1 unspecified atom stereocenters. The van der Waals surface area contributed by atoms with Crippen LogP contribution in [0.3, 0.4) is 0 Å². The summed E-state index contributed by atoms with van der Waals surface area (Å²) in [6.45, 7) is 0.445. The van der Waals surface area contributed by atoms with Crippen molar-refractivity contribution in [1.82, 2.24) is 5.32 Å². The normalized spacial score (nSPS) is 16.7. The van der Waals surface area contributed by atoms with E-state index in [2.05, 4.69) is 5.32 Å². The smallest absolute Gasteiger partial charge is 0.227 e. The topological polar surface area (TPSA) is 49.4 Å². The third-order valence-corrected chi connectivity index (χ3v) is 4.96. The minimum Gasteiger partial charge on any atom is -0.352 e. The van der Waals surface area contributed by atoms with Gasteiger partial charge in [0.15, 0.2) is 0 Å². The van der Waals surface area contributed by atoms with Gasteiger partial charge in [-0.1, -0.05) is 54.6 Å². The van der Waals surface area contributed by atoms with Gasteiger partial charge < -0.3 is 10.2 Å². The maximum absolute atomic E-state index is 13.7. The van der Waals surface area contributed by atoms with E-state index in [0.717, 1.165) is 16.5 Å². The van der Waals surface area contributed by atoms with Gasteiger partial charge in [-0.25, -0.2) is 4.39 Å². The molecule has 1 saturated heterocycles. The van der Waals surface area contributed by atoms with Gasteiger partial charge in [-0.15, -0.1) is 0 Å². The van der Waals surface area contributed by atoms with Crippen LogP contribution in [-0.2, 0) is 16.1 Å². The molecule has 1 fully saturated rings. The quantitative estimate of drug-likeness (QED) is 0.770. The third-order valence-electron chi connectivity index (χ3n) is 4.96. The lowest BCUT2D eigenvalue weighted by molar-refractivity contribution is -0.126. The molecule has 2 amide bonds. The number of rotatable bonds is 4. The second-order valence-electron chi connectivity index (χ2n) is 6.71. The fourth-order valence-corrected chi connectivity index (χ4v) is 3.53. The number of nitrogens with zero attached hydrogens (tertiary/aromatic N) is 1. The van der Waals surface area contributed by atoms with Crippen molar-refractivity contribution in [3.63, 3.8) is 0 Å². The molecule has 4 rings (SSSR count). The maximum atomic E-state index is 13.7. The summed E-state index contributed by atoms with van der Waals surface area (Å²) >= 11 is 0. The van der Waals surface area contributed by atoms with E-state index in [-0.39, 0.29) is 30.6 Å². The van der Waals surface area contributed by atoms with Crippen LogP contribution in [-0.4, -0.2) is 18.4 Å². The van der Waals surface area contributed by atoms with E-state index in [0.29, 0.717) is 12.1 Å². The van der Waals surface area contributed by atoms with Crippen molar-refractivity contribution >= 4 is 28.3 Å². The van der Waals surface area contributed by atoms with E-state index in [1.54, 1.807) is 23.1 Å². The van der Waals surface area contributed by atoms with E-state index in [1.807, 2.05) is 42.5 Å². The van der Waals surface area contributed by atoms with Crippen molar-refractivity contribution in [3.05, 3.63) is 78.1 Å². The predicted molar refractivity (Wildman–Crippen MR) is 103 cm³/mol. The highest BCUT2D eigenvalue weighted by Crippen LogP contribution is 2.31. The molecular weight excluding hydrogens is 343 g/mol. The Bertz CT molecular complexity index is 1010. The van der Waals surface area contributed by atoms with Crippen molar-refractivity contribution in [2.75, 3.05) is 11.4 Å². The van der Waals surface area contributed by atoms with Crippen LogP contribution >= 0.6 is 0 Å². The second-order valence-corrected chi connectivity index (χ2v) is 6.71. The van der Waals surface area contributed by atoms with Crippen LogP contribution < -0.4 is 10.2 Å². The third kappa shape index (κ3) is 3.40. The van der Waals surface area contributed by atoms with Crippen LogP contribution in [0.4, 0.5) is 10.1 Å². The van der Waals surface area contributed by atoms with Crippen molar-refractivity contribution in [2.45, 2.75) is 13.0 Å². The van der Waals surface area contributed by atoms with Crippen molar-refractivity contribution in [3.8, 4) is 0 Å². The molecule has 5 heteroatoms. The van der Waals surface area contributed by atoms with Gasteiger partial charge >= 0.3 is 0 Å². The van der Waals surface area contributed by atoms with Crippen molar-refractivity contribution < 1.29 is 14.0 Å². The van der Waals surface area contributed by atoms with Gasteiger partial charge in [-0.3, -0.25) is 9.59 Å². The first-order valence-electron chi connectivity index (χ1n) is 8.93. The molecule has 27 heavy (non-hydrogen) atoms. The Kier molecular flexibility index (Phi) is 4.59. The molecule has 0 saturated carbocycles. The minimum absolute atomic E-state index is 0.0719. The number of anilines is 1. The summed E-state index contributed by atoms with van der Waals surface area (Å²) in [6, 6.07) is 20.0. The summed E-state index contributed by atoms with van der Waals surface area (Å²) in [5.74, 6) is -1.09. The summed E-state index contributed by atoms with van der Waals surface area (Å²) in [6.07, 6.45) is 0.159. The van der Waals surface area contributed by atoms with E-state index in [9.17, 15) is 14.0 Å². The molecule has 3 aromatic rings. The molecule has 0 aliphatic carbocycles. The first-order valence-corrected chi connectivity index (χ1v) is 8.93. The van der Waals surface area contributed by atoms with Gasteiger partial charge in [-0.2, -0.15) is 0 Å². The molecule has 0 aromatic heterocycles. The molecule has 0 spiro atoms. The van der Waals surface area contributed by atoms with Crippen molar-refractivity contribution in [1.29, 1.82) is 0 Å². The predicted octanol–water partition coefficient (Wildman–Crippen LogP) is 3.65. The Morgan fingerprint density at radius 1 is 1.04 bits per heavy atom. The largest absolute Gasteiger partial charge is 0.352 e. The van der Waals surface area contributed by atoms with Crippen LogP contribution in [0, 0.1) is 11.7 Å². The average molecular weight is 362 g/mol. The zero-order chi connectivity index (χ0) is 18.8. The van der Waals surface area contributed by atoms with E-state index in [4.69, 9.17) is 0 Å². The van der Waals surface area contributed by atoms with E-state index in [1.165, 1.54) is 6.07 Å². The van der Waals surface area contributed by atoms with Crippen LogP contribution in [0.25, 0.3) is 10.8 Å². The van der Waals surface area contributed by atoms with Crippen LogP contribution in [0.2, 0.25) is 0 Å². The molecule has 1 aliphatic rings. The van der Waals surface area contributed by atoms with E-state index < -0.39 is 5.92 Å². The van der Waals surface area contributed by atoms with Gasteiger partial charge in [0.25, 0.3) is 0 Å². The van der Waals surface area contributed by atoms with Crippen molar-refractivity contribution in [2.24, 2.45) is 5.92 Å². The zero-order valence-corrected chi connectivity index (χ0v) is 14.7. The zero-order valence-electron chi connectivity index (χ0n) is 14.7. The molecule has 0 bridgehead atoms. The van der Waals surface area contributed by atoms with Gasteiger partial charge in [0.2, 0.25) is 11.8 Å². The molecule has 1 aliphatic heterocycles. The number of hydrogen-bond acceptors (Lipinski definition) is 2. The molecule has 4 nitrogen and oxygen atoms in total. The monoisotopic (exact) mass is 362 g/mol. The summed E-state index contributed by atoms with van der Waals surface area (Å²) in [4.78, 5) is 26.7. The molecule has 1 atom stereocenters. The lowest BCUT2D eigenvalue weighted by Crippen LogP contribution is -2.32. The van der Waals surface area contributed by atoms with Crippen LogP contribution in [0.5, 0.6) is 0 Å². The highest BCUT2D eigenvalue weighted by Gasteiger charge is 2.35. The lowest BCUT2D eigenvalue weighted by Gasteiger charge is -2.19. The van der Waals surface area contributed by atoms with Crippen LogP contribution in [0.1, 0.15) is 12.0 Å². The number of nitrogens with one attached hydrogen (secondary N) is 1. The first-order chi connectivity index (χ1) is 13.1. The fraction of sp³-hybridized carbons (Fsp3) is 0.182. The molecular formula is C22H19FN2O2. The highest BCUT2D eigenvalue weighted by molar-refractivity contribution is 6.06. The van der Waals surface area contributed by atoms with Gasteiger partial charge in [-0.05, 0) is 17.5 Å². The van der Waals surface area contributed by atoms with Gasteiger partial charge in [0.05, 0.1) is 11.6 Å². The lowest BCUT2D eigenvalue weighted by atomic mass is 10.1. The number of amides is 2. The van der Waals surface area contributed by atoms with Gasteiger partial charge in [0.1, 0.15) is 5.82 Å². The SMILES string of the molecule is O=C(NCc1ccccc1F)C1CC(=O)N(c2cccc3ccccc23)C1. The number of carbonyl (C=O) groups excluding carboxylic acids is 2. The molecule has 0 radical (unpaired) electrons. The van der Waals surface area contributed by atoms with E-state index >= 15 is 0 Å². The summed E-state index contributed by atoms with van der Waals surface area (Å²) in [5, 5.41) is 4.79. The molecule has 1 N–H and O–H groups in total. The first kappa shape index (κ1) is 17.2. The molecule has 1 heterocycles. The van der Waals surface area contributed by atoms with Gasteiger partial charge in [0, 0.05) is 30.5 Å². The average Bonchev–Trinajstić information content (AvgIpc) is 3.08.